The second kappa shape index (κ2) is 4.33. The molecule has 1 saturated carbocycles. The summed E-state index contributed by atoms with van der Waals surface area (Å²) in [5.74, 6) is 1.61. The molecule has 0 spiro atoms. The van der Waals surface area contributed by atoms with Gasteiger partial charge < -0.3 is 14.7 Å². The highest BCUT2D eigenvalue weighted by Crippen LogP contribution is 2.32. The van der Waals surface area contributed by atoms with Crippen molar-refractivity contribution in [3.63, 3.8) is 0 Å². The predicted octanol–water partition coefficient (Wildman–Crippen LogP) is 2.31. The highest BCUT2D eigenvalue weighted by Gasteiger charge is 2.25. The van der Waals surface area contributed by atoms with E-state index in [1.807, 2.05) is 6.07 Å². The molecule has 90 valence electrons. The molecule has 2 heterocycles. The zero-order chi connectivity index (χ0) is 11.7. The normalized spacial score (nSPS) is 25.0. The van der Waals surface area contributed by atoms with Gasteiger partial charge in [-0.05, 0) is 25.3 Å². The molecule has 5 nitrogen and oxygen atoms in total. The monoisotopic (exact) mass is 233 g/mol. The molecular weight excluding hydrogens is 218 g/mol. The van der Waals surface area contributed by atoms with Crippen molar-refractivity contribution in [1.29, 1.82) is 0 Å². The standard InChI is InChI=1S/C12H15N3O2/c13-10-3-1-2-8(6-10)12-14-11(15-17-12)9-4-5-16-7-9/h4-5,7-8,10H,1-3,6,13H2. The molecule has 2 aromatic rings. The van der Waals surface area contributed by atoms with Crippen LogP contribution in [-0.2, 0) is 0 Å². The van der Waals surface area contributed by atoms with E-state index in [0.29, 0.717) is 17.6 Å². The molecule has 17 heavy (non-hydrogen) atoms. The number of aromatic nitrogens is 2. The number of nitrogens with two attached hydrogens (primary N) is 1. The Hall–Kier alpha value is -1.62. The van der Waals surface area contributed by atoms with Crippen molar-refractivity contribution in [3.8, 4) is 11.4 Å². The van der Waals surface area contributed by atoms with Crippen LogP contribution in [-0.4, -0.2) is 16.2 Å². The van der Waals surface area contributed by atoms with Crippen molar-refractivity contribution in [1.82, 2.24) is 10.1 Å². The first-order valence-electron chi connectivity index (χ1n) is 5.94. The molecule has 1 aliphatic carbocycles. The van der Waals surface area contributed by atoms with E-state index in [1.165, 1.54) is 0 Å². The molecule has 2 N–H and O–H groups in total. The molecule has 0 aromatic carbocycles. The zero-order valence-corrected chi connectivity index (χ0v) is 9.50. The van der Waals surface area contributed by atoms with E-state index in [1.54, 1.807) is 12.5 Å². The van der Waals surface area contributed by atoms with E-state index in [2.05, 4.69) is 10.1 Å². The second-order valence-electron chi connectivity index (χ2n) is 4.59. The fraction of sp³-hybridized carbons (Fsp3) is 0.500. The lowest BCUT2D eigenvalue weighted by Gasteiger charge is -2.23. The van der Waals surface area contributed by atoms with Crippen molar-refractivity contribution in [2.45, 2.75) is 37.6 Å². The Balaban J connectivity index is 1.80. The third-order valence-electron chi connectivity index (χ3n) is 3.29. The molecule has 3 rings (SSSR count). The van der Waals surface area contributed by atoms with Gasteiger partial charge in [0.1, 0.15) is 6.26 Å². The molecule has 1 aliphatic rings. The summed E-state index contributed by atoms with van der Waals surface area (Å²) in [4.78, 5) is 4.42. The van der Waals surface area contributed by atoms with Crippen LogP contribution >= 0.6 is 0 Å². The molecule has 0 bridgehead atoms. The van der Waals surface area contributed by atoms with Gasteiger partial charge in [0.25, 0.3) is 0 Å². The van der Waals surface area contributed by atoms with Gasteiger partial charge in [-0.1, -0.05) is 11.6 Å². The summed E-state index contributed by atoms with van der Waals surface area (Å²) in [5, 5.41) is 3.97. The van der Waals surface area contributed by atoms with Gasteiger partial charge in [-0.3, -0.25) is 0 Å². The van der Waals surface area contributed by atoms with Crippen molar-refractivity contribution < 1.29 is 8.94 Å². The maximum absolute atomic E-state index is 5.96. The molecule has 0 aliphatic heterocycles. The summed E-state index contributed by atoms with van der Waals surface area (Å²) in [7, 11) is 0. The quantitative estimate of drug-likeness (QED) is 0.861. The predicted molar refractivity (Wildman–Crippen MR) is 61.2 cm³/mol. The highest BCUT2D eigenvalue weighted by atomic mass is 16.5. The van der Waals surface area contributed by atoms with Crippen molar-refractivity contribution in [2.75, 3.05) is 0 Å². The maximum Gasteiger partial charge on any atom is 0.230 e. The Morgan fingerprint density at radius 2 is 2.29 bits per heavy atom. The molecule has 0 amide bonds. The number of hydrogen-bond acceptors (Lipinski definition) is 5. The number of hydrogen-bond donors (Lipinski definition) is 1. The zero-order valence-electron chi connectivity index (χ0n) is 9.50. The smallest absolute Gasteiger partial charge is 0.230 e. The van der Waals surface area contributed by atoms with Crippen LogP contribution in [0.2, 0.25) is 0 Å². The Labute approximate surface area is 99.0 Å². The van der Waals surface area contributed by atoms with E-state index < -0.39 is 0 Å². The van der Waals surface area contributed by atoms with Gasteiger partial charge in [-0.2, -0.15) is 4.98 Å². The van der Waals surface area contributed by atoms with E-state index in [9.17, 15) is 0 Å². The lowest BCUT2D eigenvalue weighted by atomic mass is 9.86. The Morgan fingerprint density at radius 3 is 3.06 bits per heavy atom. The van der Waals surface area contributed by atoms with E-state index >= 15 is 0 Å². The first-order chi connectivity index (χ1) is 8.33. The van der Waals surface area contributed by atoms with Crippen LogP contribution in [0.4, 0.5) is 0 Å². The van der Waals surface area contributed by atoms with Gasteiger partial charge >= 0.3 is 0 Å². The largest absolute Gasteiger partial charge is 0.472 e. The second-order valence-corrected chi connectivity index (χ2v) is 4.59. The summed E-state index contributed by atoms with van der Waals surface area (Å²) in [6, 6.07) is 2.08. The van der Waals surface area contributed by atoms with Crippen LogP contribution < -0.4 is 5.73 Å². The minimum absolute atomic E-state index is 0.262. The van der Waals surface area contributed by atoms with Crippen LogP contribution in [0.1, 0.15) is 37.5 Å². The summed E-state index contributed by atoms with van der Waals surface area (Å²) >= 11 is 0. The summed E-state index contributed by atoms with van der Waals surface area (Å²) in [6.45, 7) is 0. The summed E-state index contributed by atoms with van der Waals surface area (Å²) < 4.78 is 10.3. The Kier molecular flexibility index (Phi) is 2.68. The van der Waals surface area contributed by atoms with Crippen molar-refractivity contribution >= 4 is 0 Å². The Morgan fingerprint density at radius 1 is 1.35 bits per heavy atom. The van der Waals surface area contributed by atoms with Crippen LogP contribution in [0.5, 0.6) is 0 Å². The van der Waals surface area contributed by atoms with Crippen molar-refractivity contribution in [3.05, 3.63) is 24.5 Å². The van der Waals surface area contributed by atoms with Crippen LogP contribution in [0.25, 0.3) is 11.4 Å². The van der Waals surface area contributed by atoms with Gasteiger partial charge in [0.2, 0.25) is 11.7 Å². The molecule has 5 heteroatoms. The van der Waals surface area contributed by atoms with Gasteiger partial charge in [-0.25, -0.2) is 0 Å². The van der Waals surface area contributed by atoms with Crippen molar-refractivity contribution in [2.24, 2.45) is 5.73 Å². The molecular formula is C12H15N3O2. The van der Waals surface area contributed by atoms with Gasteiger partial charge in [0.15, 0.2) is 0 Å². The maximum atomic E-state index is 5.96. The lowest BCUT2D eigenvalue weighted by molar-refractivity contribution is 0.299. The number of nitrogens with zero attached hydrogens (tertiary/aromatic N) is 2. The molecule has 2 atom stereocenters. The van der Waals surface area contributed by atoms with Gasteiger partial charge in [-0.15, -0.1) is 0 Å². The summed E-state index contributed by atoms with van der Waals surface area (Å²) in [6.07, 6.45) is 7.46. The molecule has 0 saturated heterocycles. The van der Waals surface area contributed by atoms with Crippen LogP contribution in [0.15, 0.2) is 27.5 Å². The Bertz CT molecular complexity index is 478. The average Bonchev–Trinajstić information content (AvgIpc) is 3.00. The fourth-order valence-electron chi connectivity index (χ4n) is 2.36. The van der Waals surface area contributed by atoms with E-state index in [-0.39, 0.29) is 6.04 Å². The minimum Gasteiger partial charge on any atom is -0.472 e. The first-order valence-corrected chi connectivity index (χ1v) is 5.94. The SMILES string of the molecule is NC1CCCC(c2nc(-c3ccoc3)no2)C1. The van der Waals surface area contributed by atoms with Crippen LogP contribution in [0, 0.1) is 0 Å². The fourth-order valence-corrected chi connectivity index (χ4v) is 2.36. The first kappa shape index (κ1) is 10.5. The average molecular weight is 233 g/mol. The third-order valence-corrected chi connectivity index (χ3v) is 3.29. The number of rotatable bonds is 2. The third kappa shape index (κ3) is 2.10. The van der Waals surface area contributed by atoms with Gasteiger partial charge in [0.05, 0.1) is 11.8 Å². The summed E-state index contributed by atoms with van der Waals surface area (Å²) in [5.41, 5.74) is 6.81. The van der Waals surface area contributed by atoms with Gasteiger partial charge in [0, 0.05) is 12.0 Å². The molecule has 1 fully saturated rings. The molecule has 2 unspecified atom stereocenters. The molecule has 2 aromatic heterocycles. The topological polar surface area (TPSA) is 78.1 Å². The lowest BCUT2D eigenvalue weighted by Crippen LogP contribution is -2.26. The molecule has 0 radical (unpaired) electrons. The minimum atomic E-state index is 0.262. The van der Waals surface area contributed by atoms with Crippen LogP contribution in [0.3, 0.4) is 0 Å². The van der Waals surface area contributed by atoms with E-state index in [0.717, 1.165) is 31.2 Å². The highest BCUT2D eigenvalue weighted by molar-refractivity contribution is 5.51. The number of furan rings is 1. The van der Waals surface area contributed by atoms with E-state index in [4.69, 9.17) is 14.7 Å².